The van der Waals surface area contributed by atoms with E-state index in [0.29, 0.717) is 48.9 Å². The molecule has 0 N–H and O–H groups in total. The topological polar surface area (TPSA) is 82.5 Å². The summed E-state index contributed by atoms with van der Waals surface area (Å²) < 4.78 is 45.8. The van der Waals surface area contributed by atoms with Crippen molar-refractivity contribution in [2.75, 3.05) is 20.3 Å². The van der Waals surface area contributed by atoms with Crippen LogP contribution in [0.25, 0.3) is 17.1 Å². The first-order valence-electron chi connectivity index (χ1n) is 15.3. The van der Waals surface area contributed by atoms with Crippen LogP contribution in [0.4, 0.5) is 8.78 Å². The minimum atomic E-state index is -2.90. The monoisotopic (exact) mass is 605 g/mol. The highest BCUT2D eigenvalue weighted by atomic mass is 19.3. The molecule has 1 aliphatic heterocycles. The number of aromatic nitrogens is 4. The number of methoxy groups -OCH3 is 1. The van der Waals surface area contributed by atoms with Crippen molar-refractivity contribution in [2.24, 2.45) is 0 Å². The zero-order valence-corrected chi connectivity index (χ0v) is 26.1. The number of halogens is 2. The highest BCUT2D eigenvalue weighted by Crippen LogP contribution is 2.45. The van der Waals surface area contributed by atoms with Crippen LogP contribution in [0, 0.1) is 6.92 Å². The van der Waals surface area contributed by atoms with E-state index >= 15 is 0 Å². The van der Waals surface area contributed by atoms with E-state index in [9.17, 15) is 8.78 Å². The minimum Gasteiger partial charge on any atom is -0.480 e. The third-order valence-electron chi connectivity index (χ3n) is 8.06. The van der Waals surface area contributed by atoms with Crippen LogP contribution in [0.2, 0.25) is 0 Å². The average Bonchev–Trinajstić information content (AvgIpc) is 3.88. The van der Waals surface area contributed by atoms with Gasteiger partial charge >= 0.3 is 0 Å². The first kappa shape index (κ1) is 31.5. The predicted octanol–water partition coefficient (Wildman–Crippen LogP) is 7.50. The van der Waals surface area contributed by atoms with Gasteiger partial charge in [0.2, 0.25) is 11.8 Å². The maximum atomic E-state index is 14.2. The van der Waals surface area contributed by atoms with Gasteiger partial charge in [-0.15, -0.1) is 0 Å². The maximum Gasteiger partial charge on any atom is 0.268 e. The van der Waals surface area contributed by atoms with Gasteiger partial charge in [0.05, 0.1) is 12.8 Å². The number of nitrogens with zero attached hydrogens (tertiary/aromatic N) is 5. The van der Waals surface area contributed by atoms with E-state index < -0.39 is 5.92 Å². The zero-order valence-electron chi connectivity index (χ0n) is 26.1. The largest absolute Gasteiger partial charge is 0.480 e. The Hall–Kier alpha value is -3.92. The highest BCUT2D eigenvalue weighted by Gasteiger charge is 2.32. The summed E-state index contributed by atoms with van der Waals surface area (Å²) in [5, 5.41) is 0. The molecule has 1 saturated carbocycles. The molecule has 3 heterocycles. The summed E-state index contributed by atoms with van der Waals surface area (Å²) >= 11 is 0. The minimum absolute atomic E-state index is 0.0274. The molecule has 44 heavy (non-hydrogen) atoms. The molecular weight excluding hydrogens is 564 g/mol. The lowest BCUT2D eigenvalue weighted by Gasteiger charge is -2.36. The van der Waals surface area contributed by atoms with Gasteiger partial charge < -0.3 is 19.1 Å². The Bertz CT molecular complexity index is 1490. The van der Waals surface area contributed by atoms with Gasteiger partial charge in [-0.1, -0.05) is 37.3 Å². The number of alkyl halides is 2. The van der Waals surface area contributed by atoms with E-state index in [-0.39, 0.29) is 11.6 Å². The van der Waals surface area contributed by atoms with E-state index in [1.807, 2.05) is 36.1 Å². The molecular formula is C34H41F2N5O3. The van der Waals surface area contributed by atoms with Crippen molar-refractivity contribution >= 4 is 5.70 Å². The van der Waals surface area contributed by atoms with Gasteiger partial charge in [0.1, 0.15) is 18.5 Å². The van der Waals surface area contributed by atoms with Crippen molar-refractivity contribution in [1.82, 2.24) is 24.8 Å². The number of ether oxygens (including phenoxy) is 3. The van der Waals surface area contributed by atoms with Crippen molar-refractivity contribution in [3.63, 3.8) is 0 Å². The van der Waals surface area contributed by atoms with Gasteiger partial charge in [-0.05, 0) is 57.1 Å². The van der Waals surface area contributed by atoms with Gasteiger partial charge in [0.15, 0.2) is 5.82 Å². The predicted molar refractivity (Wildman–Crippen MR) is 165 cm³/mol. The Balaban J connectivity index is 1.37. The van der Waals surface area contributed by atoms with Crippen LogP contribution >= 0.6 is 0 Å². The van der Waals surface area contributed by atoms with Crippen molar-refractivity contribution in [2.45, 2.75) is 84.3 Å². The molecule has 0 bridgehead atoms. The van der Waals surface area contributed by atoms with E-state index in [0.717, 1.165) is 67.1 Å². The third kappa shape index (κ3) is 7.41. The van der Waals surface area contributed by atoms with Crippen LogP contribution in [-0.2, 0) is 11.3 Å². The van der Waals surface area contributed by atoms with E-state index in [1.54, 1.807) is 19.5 Å². The Kier molecular flexibility index (Phi) is 9.88. The lowest BCUT2D eigenvalue weighted by Crippen LogP contribution is -2.36. The Morgan fingerprint density at radius 3 is 2.43 bits per heavy atom. The summed E-state index contributed by atoms with van der Waals surface area (Å²) in [6.07, 6.45) is 11.4. The summed E-state index contributed by atoms with van der Waals surface area (Å²) in [6.45, 7) is 7.92. The van der Waals surface area contributed by atoms with Gasteiger partial charge in [-0.3, -0.25) is 0 Å². The molecule has 1 saturated heterocycles. The Morgan fingerprint density at radius 2 is 1.80 bits per heavy atom. The fourth-order valence-corrected chi connectivity index (χ4v) is 5.25. The molecule has 5 rings (SSSR count). The molecule has 0 radical (unpaired) electrons. The number of rotatable bonds is 12. The van der Waals surface area contributed by atoms with E-state index in [4.69, 9.17) is 19.2 Å². The molecule has 0 atom stereocenters. The number of allylic oxidation sites excluding steroid dienone is 2. The first-order chi connectivity index (χ1) is 21.2. The van der Waals surface area contributed by atoms with Gasteiger partial charge in [-0.2, -0.15) is 4.98 Å². The van der Waals surface area contributed by atoms with E-state index in [1.165, 1.54) is 13.3 Å². The summed E-state index contributed by atoms with van der Waals surface area (Å²) in [7, 11) is 1.58. The molecule has 1 aliphatic carbocycles. The molecule has 234 valence electrons. The van der Waals surface area contributed by atoms with Crippen LogP contribution in [0.15, 0.2) is 54.6 Å². The standard InChI is InChI=1S/C34H41F2N5O3/c1-6-7-28(41(19-23(3)34(4,35)36)27-14-16-43-17-15-27)25-10-8-24(9-11-25)20-44-32-22(2)18-37-31(40-32)29-30(26-12-13-26)38-21-39-33(29)42-5/h7-11,18-19,21,26-27H,6,12-17,20H2,1-5H3/b23-19+,28-7?. The number of hydrogen-bond acceptors (Lipinski definition) is 8. The van der Waals surface area contributed by atoms with Crippen LogP contribution in [0.3, 0.4) is 0 Å². The van der Waals surface area contributed by atoms with Gasteiger partial charge in [0, 0.05) is 61.3 Å². The van der Waals surface area contributed by atoms with Gasteiger partial charge in [-0.25, -0.2) is 23.7 Å². The number of hydrogen-bond donors (Lipinski definition) is 0. The first-order valence-corrected chi connectivity index (χ1v) is 15.3. The number of aryl methyl sites for hydroxylation is 1. The maximum absolute atomic E-state index is 14.2. The second kappa shape index (κ2) is 13.8. The SMILES string of the molecule is CCC=C(c1ccc(COc2nc(-c3c(OC)ncnc3C3CC3)ncc2C)cc1)N(/C=C(\C)C(C)(F)F)C1CCOCC1. The summed E-state index contributed by atoms with van der Waals surface area (Å²) in [4.78, 5) is 20.1. The van der Waals surface area contributed by atoms with Crippen molar-refractivity contribution < 1.29 is 23.0 Å². The van der Waals surface area contributed by atoms with Crippen molar-refractivity contribution in [1.29, 1.82) is 0 Å². The Labute approximate surface area is 258 Å². The number of benzene rings is 1. The molecule has 2 aliphatic rings. The fraction of sp³-hybridized carbons (Fsp3) is 0.471. The summed E-state index contributed by atoms with van der Waals surface area (Å²) in [5.41, 5.74) is 5.27. The third-order valence-corrected chi connectivity index (χ3v) is 8.06. The highest BCUT2D eigenvalue weighted by molar-refractivity contribution is 5.67. The summed E-state index contributed by atoms with van der Waals surface area (Å²) in [6, 6.07) is 8.12. The molecule has 1 aromatic carbocycles. The Morgan fingerprint density at radius 1 is 1.07 bits per heavy atom. The molecule has 0 spiro atoms. The van der Waals surface area contributed by atoms with E-state index in [2.05, 4.69) is 28.0 Å². The normalized spacial score (nSPS) is 16.6. The van der Waals surface area contributed by atoms with Gasteiger partial charge in [0.25, 0.3) is 5.92 Å². The van der Waals surface area contributed by atoms with Crippen LogP contribution in [-0.4, -0.2) is 57.1 Å². The molecule has 2 aromatic heterocycles. The van der Waals surface area contributed by atoms with Crippen LogP contribution < -0.4 is 9.47 Å². The second-order valence-electron chi connectivity index (χ2n) is 11.5. The molecule has 8 nitrogen and oxygen atoms in total. The lowest BCUT2D eigenvalue weighted by molar-refractivity contribution is 0.0533. The lowest BCUT2D eigenvalue weighted by atomic mass is 10.0. The molecule has 2 fully saturated rings. The molecule has 0 unspecified atom stereocenters. The van der Waals surface area contributed by atoms with Crippen LogP contribution in [0.5, 0.6) is 11.8 Å². The smallest absolute Gasteiger partial charge is 0.268 e. The molecule has 10 heteroatoms. The van der Waals surface area contributed by atoms with Crippen LogP contribution in [0.1, 0.15) is 81.2 Å². The summed E-state index contributed by atoms with van der Waals surface area (Å²) in [5.74, 6) is -1.14. The fourth-order valence-electron chi connectivity index (χ4n) is 5.25. The second-order valence-corrected chi connectivity index (χ2v) is 11.5. The van der Waals surface area contributed by atoms with Crippen molar-refractivity contribution in [3.8, 4) is 23.1 Å². The molecule has 0 amide bonds. The molecule has 3 aromatic rings. The average molecular weight is 606 g/mol. The quantitative estimate of drug-likeness (QED) is 0.210. The zero-order chi connectivity index (χ0) is 31.3. The van der Waals surface area contributed by atoms with Crippen molar-refractivity contribution in [3.05, 3.63) is 77.0 Å².